The molecule has 0 spiro atoms. The maximum Gasteiger partial charge on any atom is 0.241 e. The highest BCUT2D eigenvalue weighted by atomic mass is 32.2. The molecule has 0 saturated carbocycles. The minimum absolute atomic E-state index is 0.300. The SMILES string of the molecule is Cc1cc(C)c(C)c(S(=O)(=O)NCCc2csc3nc(-c4cccs4)nn23)c1C. The third-order valence-corrected chi connectivity index (χ3v) is 8.60. The molecule has 3 aromatic heterocycles. The Balaban J connectivity index is 1.53. The maximum absolute atomic E-state index is 13.0. The molecule has 1 N–H and O–H groups in total. The summed E-state index contributed by atoms with van der Waals surface area (Å²) in [6.07, 6.45) is 0.537. The van der Waals surface area contributed by atoms with Crippen LogP contribution in [0.25, 0.3) is 15.7 Å². The number of aromatic nitrogens is 3. The van der Waals surface area contributed by atoms with Gasteiger partial charge in [-0.05, 0) is 61.4 Å². The lowest BCUT2D eigenvalue weighted by Gasteiger charge is -2.16. The van der Waals surface area contributed by atoms with Gasteiger partial charge in [0.25, 0.3) is 0 Å². The first-order valence-corrected chi connectivity index (χ1v) is 12.5. The highest BCUT2D eigenvalue weighted by molar-refractivity contribution is 7.89. The molecule has 1 aromatic carbocycles. The molecule has 9 heteroatoms. The van der Waals surface area contributed by atoms with E-state index in [9.17, 15) is 8.42 Å². The highest BCUT2D eigenvalue weighted by Gasteiger charge is 2.22. The second-order valence-corrected chi connectivity index (χ2v) is 10.6. The van der Waals surface area contributed by atoms with Crippen LogP contribution < -0.4 is 4.72 Å². The van der Waals surface area contributed by atoms with Crippen molar-refractivity contribution in [3.8, 4) is 10.7 Å². The summed E-state index contributed by atoms with van der Waals surface area (Å²) in [7, 11) is -3.59. The van der Waals surface area contributed by atoms with Gasteiger partial charge in [0.2, 0.25) is 15.0 Å². The van der Waals surface area contributed by atoms with Crippen molar-refractivity contribution in [2.45, 2.75) is 39.0 Å². The van der Waals surface area contributed by atoms with E-state index in [0.29, 0.717) is 23.7 Å². The Morgan fingerprint density at radius 1 is 1.10 bits per heavy atom. The predicted octanol–water partition coefficient (Wildman–Crippen LogP) is 4.27. The van der Waals surface area contributed by atoms with Crippen molar-refractivity contribution in [2.24, 2.45) is 0 Å². The fraction of sp³-hybridized carbons (Fsp3) is 0.300. The predicted molar refractivity (Wildman–Crippen MR) is 118 cm³/mol. The molecule has 0 amide bonds. The van der Waals surface area contributed by atoms with E-state index < -0.39 is 10.0 Å². The smallest absolute Gasteiger partial charge is 0.211 e. The van der Waals surface area contributed by atoms with E-state index in [0.717, 1.165) is 37.8 Å². The van der Waals surface area contributed by atoms with Crippen LogP contribution in [-0.2, 0) is 16.4 Å². The second-order valence-electron chi connectivity index (χ2n) is 7.07. The van der Waals surface area contributed by atoms with Gasteiger partial charge in [0, 0.05) is 18.3 Å². The Morgan fingerprint density at radius 2 is 1.83 bits per heavy atom. The minimum atomic E-state index is -3.59. The Labute approximate surface area is 178 Å². The number of aryl methyl sites for hydroxylation is 2. The highest BCUT2D eigenvalue weighted by Crippen LogP contribution is 2.26. The van der Waals surface area contributed by atoms with Crippen molar-refractivity contribution in [3.63, 3.8) is 0 Å². The van der Waals surface area contributed by atoms with Gasteiger partial charge in [0.05, 0.1) is 15.5 Å². The van der Waals surface area contributed by atoms with Crippen LogP contribution in [0.5, 0.6) is 0 Å². The van der Waals surface area contributed by atoms with Crippen molar-refractivity contribution in [1.82, 2.24) is 19.3 Å². The van der Waals surface area contributed by atoms with Crippen molar-refractivity contribution in [3.05, 3.63) is 56.9 Å². The summed E-state index contributed by atoms with van der Waals surface area (Å²) in [6.45, 7) is 7.91. The van der Waals surface area contributed by atoms with Crippen molar-refractivity contribution in [2.75, 3.05) is 6.54 Å². The Kier molecular flexibility index (Phi) is 5.32. The minimum Gasteiger partial charge on any atom is -0.211 e. The lowest BCUT2D eigenvalue weighted by Crippen LogP contribution is -2.28. The van der Waals surface area contributed by atoms with Gasteiger partial charge in [-0.15, -0.1) is 27.8 Å². The fourth-order valence-electron chi connectivity index (χ4n) is 3.38. The molecule has 152 valence electrons. The first-order chi connectivity index (χ1) is 13.8. The Hall–Kier alpha value is -2.07. The molecule has 0 fully saturated rings. The van der Waals surface area contributed by atoms with Gasteiger partial charge in [-0.25, -0.2) is 17.7 Å². The lowest BCUT2D eigenvalue weighted by molar-refractivity contribution is 0.579. The lowest BCUT2D eigenvalue weighted by atomic mass is 10.0. The molecule has 0 atom stereocenters. The normalized spacial score (nSPS) is 12.1. The van der Waals surface area contributed by atoms with Crippen LogP contribution in [0.15, 0.2) is 33.9 Å². The molecule has 29 heavy (non-hydrogen) atoms. The van der Waals surface area contributed by atoms with E-state index in [-0.39, 0.29) is 0 Å². The number of hydrogen-bond acceptors (Lipinski definition) is 6. The van der Waals surface area contributed by atoms with Crippen LogP contribution in [0.4, 0.5) is 0 Å². The standard InChI is InChI=1S/C20H22N4O2S3/c1-12-10-13(2)15(4)18(14(12)3)29(25,26)21-8-7-16-11-28-20-22-19(23-24(16)20)17-6-5-9-27-17/h5-6,9-11,21H,7-8H2,1-4H3. The summed E-state index contributed by atoms with van der Waals surface area (Å²) in [6, 6.07) is 6.00. The molecule has 0 saturated heterocycles. The average molecular weight is 447 g/mol. The van der Waals surface area contributed by atoms with Crippen LogP contribution in [0.1, 0.15) is 27.9 Å². The van der Waals surface area contributed by atoms with Crippen LogP contribution in [0.3, 0.4) is 0 Å². The number of sulfonamides is 1. The third-order valence-electron chi connectivity index (χ3n) is 5.13. The summed E-state index contributed by atoms with van der Waals surface area (Å²) < 4.78 is 30.5. The van der Waals surface area contributed by atoms with Crippen LogP contribution in [-0.4, -0.2) is 29.6 Å². The zero-order chi connectivity index (χ0) is 20.8. The molecule has 0 aliphatic rings. The van der Waals surface area contributed by atoms with Crippen LogP contribution in [0, 0.1) is 27.7 Å². The zero-order valence-electron chi connectivity index (χ0n) is 16.7. The van der Waals surface area contributed by atoms with Gasteiger partial charge in [0.1, 0.15) is 0 Å². The molecule has 0 unspecified atom stereocenters. The Morgan fingerprint density at radius 3 is 2.48 bits per heavy atom. The molecule has 0 aliphatic heterocycles. The largest absolute Gasteiger partial charge is 0.241 e. The Bertz CT molecular complexity index is 1260. The molecular formula is C20H22N4O2S3. The number of nitrogens with one attached hydrogen (secondary N) is 1. The van der Waals surface area contributed by atoms with Gasteiger partial charge in [0.15, 0.2) is 5.82 Å². The summed E-state index contributed by atoms with van der Waals surface area (Å²) in [5, 5.41) is 8.57. The van der Waals surface area contributed by atoms with E-state index in [1.54, 1.807) is 15.9 Å². The first kappa shape index (κ1) is 20.2. The molecule has 4 aromatic rings. The monoisotopic (exact) mass is 446 g/mol. The summed E-state index contributed by atoms with van der Waals surface area (Å²) in [5.74, 6) is 0.704. The van der Waals surface area contributed by atoms with Crippen LogP contribution >= 0.6 is 22.7 Å². The molecule has 3 heterocycles. The first-order valence-electron chi connectivity index (χ1n) is 9.22. The number of fused-ring (bicyclic) bond motifs is 1. The molecule has 6 nitrogen and oxygen atoms in total. The van der Waals surface area contributed by atoms with Crippen molar-refractivity contribution >= 4 is 37.7 Å². The zero-order valence-corrected chi connectivity index (χ0v) is 19.1. The summed E-state index contributed by atoms with van der Waals surface area (Å²) >= 11 is 3.11. The maximum atomic E-state index is 13.0. The van der Waals surface area contributed by atoms with E-state index in [1.165, 1.54) is 11.3 Å². The number of hydrogen-bond donors (Lipinski definition) is 1. The number of benzene rings is 1. The van der Waals surface area contributed by atoms with Crippen LogP contribution in [0.2, 0.25) is 0 Å². The van der Waals surface area contributed by atoms with E-state index in [4.69, 9.17) is 0 Å². The quantitative estimate of drug-likeness (QED) is 0.480. The van der Waals surface area contributed by atoms with Gasteiger partial charge < -0.3 is 0 Å². The summed E-state index contributed by atoms with van der Waals surface area (Å²) in [5.41, 5.74) is 4.51. The third kappa shape index (κ3) is 3.75. The van der Waals surface area contributed by atoms with Gasteiger partial charge >= 0.3 is 0 Å². The number of thiazole rings is 1. The fourth-order valence-corrected chi connectivity index (χ4v) is 6.53. The molecule has 4 rings (SSSR count). The number of rotatable bonds is 6. The molecular weight excluding hydrogens is 424 g/mol. The van der Waals surface area contributed by atoms with Gasteiger partial charge in [-0.1, -0.05) is 12.1 Å². The molecule has 0 bridgehead atoms. The van der Waals surface area contributed by atoms with Crippen molar-refractivity contribution < 1.29 is 8.42 Å². The van der Waals surface area contributed by atoms with E-state index in [1.807, 2.05) is 56.7 Å². The molecule has 0 radical (unpaired) electrons. The van der Waals surface area contributed by atoms with E-state index in [2.05, 4.69) is 14.8 Å². The second kappa shape index (κ2) is 7.64. The number of nitrogens with zero attached hydrogens (tertiary/aromatic N) is 3. The average Bonchev–Trinajstić information content (AvgIpc) is 3.37. The van der Waals surface area contributed by atoms with Gasteiger partial charge in [-0.2, -0.15) is 4.98 Å². The van der Waals surface area contributed by atoms with Crippen molar-refractivity contribution in [1.29, 1.82) is 0 Å². The molecule has 0 aliphatic carbocycles. The van der Waals surface area contributed by atoms with Gasteiger partial charge in [-0.3, -0.25) is 0 Å². The number of thiophene rings is 1. The van der Waals surface area contributed by atoms with E-state index >= 15 is 0 Å². The topological polar surface area (TPSA) is 76.4 Å². The summed E-state index contributed by atoms with van der Waals surface area (Å²) in [4.78, 5) is 6.79.